The van der Waals surface area contributed by atoms with Crippen LogP contribution in [0, 0.1) is 11.3 Å². The number of hydrogen-bond acceptors (Lipinski definition) is 4. The molecule has 2 heterocycles. The molecule has 23 heavy (non-hydrogen) atoms. The van der Waals surface area contributed by atoms with Gasteiger partial charge in [0.2, 0.25) is 0 Å². The van der Waals surface area contributed by atoms with Crippen molar-refractivity contribution in [2.45, 2.75) is 51.3 Å². The van der Waals surface area contributed by atoms with Crippen molar-refractivity contribution in [3.8, 4) is 6.07 Å². The number of halogens is 1. The van der Waals surface area contributed by atoms with Crippen molar-refractivity contribution in [3.63, 3.8) is 0 Å². The summed E-state index contributed by atoms with van der Waals surface area (Å²) in [6.07, 6.45) is 2.09. The molecule has 0 aromatic carbocycles. The highest BCUT2D eigenvalue weighted by molar-refractivity contribution is 5.68. The van der Waals surface area contributed by atoms with Crippen LogP contribution in [0.3, 0.4) is 0 Å². The Labute approximate surface area is 136 Å². The Morgan fingerprint density at radius 1 is 1.48 bits per heavy atom. The molecule has 5 nitrogen and oxygen atoms in total. The molecule has 0 spiro atoms. The van der Waals surface area contributed by atoms with Crippen molar-refractivity contribution in [1.29, 1.82) is 5.26 Å². The van der Waals surface area contributed by atoms with Gasteiger partial charge in [-0.1, -0.05) is 0 Å². The third-order valence-electron chi connectivity index (χ3n) is 3.95. The van der Waals surface area contributed by atoms with Gasteiger partial charge in [0.15, 0.2) is 0 Å². The molecule has 0 saturated carbocycles. The monoisotopic (exact) mass is 319 g/mol. The molecule has 0 N–H and O–H groups in total. The van der Waals surface area contributed by atoms with Gasteiger partial charge in [-0.25, -0.2) is 9.18 Å². The summed E-state index contributed by atoms with van der Waals surface area (Å²) in [5, 5.41) is 9.65. The number of likely N-dealkylation sites (tertiary alicyclic amines) is 1. The average Bonchev–Trinajstić information content (AvgIpc) is 2.53. The average molecular weight is 319 g/mol. The standard InChI is InChI=1S/C17H22FN3O2/c1-16(2,3)23-15(22)21-8-5-17(12-19,6-9-21)14-10-13(11-18)4-7-20-14/h4,7,10H,5-6,8-9,11H2,1-3H3. The van der Waals surface area contributed by atoms with E-state index in [-0.39, 0.29) is 6.09 Å². The molecule has 0 bridgehead atoms. The topological polar surface area (TPSA) is 66.2 Å². The van der Waals surface area contributed by atoms with Crippen molar-refractivity contribution in [1.82, 2.24) is 9.88 Å². The van der Waals surface area contributed by atoms with Crippen molar-refractivity contribution >= 4 is 6.09 Å². The first-order valence-corrected chi connectivity index (χ1v) is 7.70. The Morgan fingerprint density at radius 3 is 2.65 bits per heavy atom. The quantitative estimate of drug-likeness (QED) is 0.838. The van der Waals surface area contributed by atoms with E-state index in [0.717, 1.165) is 0 Å². The number of pyridine rings is 1. The van der Waals surface area contributed by atoms with Gasteiger partial charge in [-0.3, -0.25) is 4.98 Å². The maximum atomic E-state index is 12.8. The molecule has 6 heteroatoms. The lowest BCUT2D eigenvalue weighted by Crippen LogP contribution is -2.46. The highest BCUT2D eigenvalue weighted by atomic mass is 19.1. The summed E-state index contributed by atoms with van der Waals surface area (Å²) in [5.41, 5.74) is -0.222. The van der Waals surface area contributed by atoms with E-state index in [9.17, 15) is 14.4 Å². The molecule has 2 rings (SSSR count). The van der Waals surface area contributed by atoms with Gasteiger partial charge in [-0.15, -0.1) is 0 Å². The Morgan fingerprint density at radius 2 is 2.13 bits per heavy atom. The molecule has 0 unspecified atom stereocenters. The fourth-order valence-corrected chi connectivity index (χ4v) is 2.64. The molecule has 1 fully saturated rings. The summed E-state index contributed by atoms with van der Waals surface area (Å²) < 4.78 is 18.2. The van der Waals surface area contributed by atoms with Crippen LogP contribution in [-0.4, -0.2) is 34.7 Å². The predicted octanol–water partition coefficient (Wildman–Crippen LogP) is 3.34. The molecule has 1 amide bonds. The summed E-state index contributed by atoms with van der Waals surface area (Å²) in [4.78, 5) is 18.0. The van der Waals surface area contributed by atoms with Crippen LogP contribution < -0.4 is 0 Å². The molecule has 1 aromatic rings. The minimum Gasteiger partial charge on any atom is -0.444 e. The van der Waals surface area contributed by atoms with Gasteiger partial charge in [-0.05, 0) is 51.3 Å². The van der Waals surface area contributed by atoms with Gasteiger partial charge in [0, 0.05) is 19.3 Å². The summed E-state index contributed by atoms with van der Waals surface area (Å²) in [7, 11) is 0. The number of nitriles is 1. The highest BCUT2D eigenvalue weighted by Gasteiger charge is 2.40. The van der Waals surface area contributed by atoms with Crippen LogP contribution in [0.5, 0.6) is 0 Å². The molecular weight excluding hydrogens is 297 g/mol. The minimum absolute atomic E-state index is 0.366. The van der Waals surface area contributed by atoms with Gasteiger partial charge < -0.3 is 9.64 Å². The first-order valence-electron chi connectivity index (χ1n) is 7.70. The first-order chi connectivity index (χ1) is 10.8. The number of nitrogens with zero attached hydrogens (tertiary/aromatic N) is 3. The second-order valence-electron chi connectivity index (χ2n) is 6.84. The van der Waals surface area contributed by atoms with Crippen molar-refractivity contribution < 1.29 is 13.9 Å². The van der Waals surface area contributed by atoms with Gasteiger partial charge in [0.1, 0.15) is 17.7 Å². The second-order valence-corrected chi connectivity index (χ2v) is 6.84. The van der Waals surface area contributed by atoms with E-state index in [1.165, 1.54) is 6.20 Å². The number of aromatic nitrogens is 1. The molecule has 1 aliphatic heterocycles. The lowest BCUT2D eigenvalue weighted by Gasteiger charge is -2.37. The molecule has 0 radical (unpaired) electrons. The minimum atomic E-state index is -0.774. The summed E-state index contributed by atoms with van der Waals surface area (Å²) in [6, 6.07) is 5.58. The SMILES string of the molecule is CC(C)(C)OC(=O)N1CCC(C#N)(c2cc(CF)ccn2)CC1. The lowest BCUT2D eigenvalue weighted by atomic mass is 9.76. The summed E-state index contributed by atoms with van der Waals surface area (Å²) >= 11 is 0. The fourth-order valence-electron chi connectivity index (χ4n) is 2.64. The van der Waals surface area contributed by atoms with Crippen LogP contribution in [0.2, 0.25) is 0 Å². The Hall–Kier alpha value is -2.16. The predicted molar refractivity (Wildman–Crippen MR) is 83.4 cm³/mol. The third kappa shape index (κ3) is 3.98. The van der Waals surface area contributed by atoms with Crippen LogP contribution in [0.4, 0.5) is 9.18 Å². The number of carbonyl (C=O) groups excluding carboxylic acids is 1. The van der Waals surface area contributed by atoms with Crippen LogP contribution >= 0.6 is 0 Å². The number of alkyl halides is 1. The summed E-state index contributed by atoms with van der Waals surface area (Å²) in [6.45, 7) is 5.72. The molecule has 0 aliphatic carbocycles. The zero-order chi connectivity index (χ0) is 17.1. The van der Waals surface area contributed by atoms with Crippen molar-refractivity contribution in [2.75, 3.05) is 13.1 Å². The van der Waals surface area contributed by atoms with E-state index in [1.807, 2.05) is 20.8 Å². The maximum absolute atomic E-state index is 12.8. The fraction of sp³-hybridized carbons (Fsp3) is 0.588. The van der Waals surface area contributed by atoms with Crippen molar-refractivity contribution in [2.24, 2.45) is 0 Å². The van der Waals surface area contributed by atoms with Crippen LogP contribution in [0.1, 0.15) is 44.9 Å². The Bertz CT molecular complexity index is 611. The normalized spacial score (nSPS) is 17.4. The van der Waals surface area contributed by atoms with Gasteiger partial charge in [-0.2, -0.15) is 5.26 Å². The Balaban J connectivity index is 2.11. The van der Waals surface area contributed by atoms with E-state index in [1.54, 1.807) is 17.0 Å². The maximum Gasteiger partial charge on any atom is 0.410 e. The van der Waals surface area contributed by atoms with Gasteiger partial charge in [0.25, 0.3) is 0 Å². The lowest BCUT2D eigenvalue weighted by molar-refractivity contribution is 0.0184. The largest absolute Gasteiger partial charge is 0.444 e. The van der Waals surface area contributed by atoms with E-state index in [2.05, 4.69) is 11.1 Å². The molecule has 1 aromatic heterocycles. The molecule has 0 atom stereocenters. The summed E-state index contributed by atoms with van der Waals surface area (Å²) in [5.74, 6) is 0. The van der Waals surface area contributed by atoms with E-state index >= 15 is 0 Å². The van der Waals surface area contributed by atoms with E-state index < -0.39 is 17.7 Å². The zero-order valence-electron chi connectivity index (χ0n) is 13.8. The second kappa shape index (κ2) is 6.53. The van der Waals surface area contributed by atoms with Crippen LogP contribution in [-0.2, 0) is 16.8 Å². The van der Waals surface area contributed by atoms with Crippen LogP contribution in [0.25, 0.3) is 0 Å². The van der Waals surface area contributed by atoms with Crippen LogP contribution in [0.15, 0.2) is 18.3 Å². The van der Waals surface area contributed by atoms with Gasteiger partial charge in [0.05, 0.1) is 11.8 Å². The first kappa shape index (κ1) is 17.2. The molecule has 1 aliphatic rings. The van der Waals surface area contributed by atoms with Gasteiger partial charge >= 0.3 is 6.09 Å². The number of piperidine rings is 1. The van der Waals surface area contributed by atoms with Crippen molar-refractivity contribution in [3.05, 3.63) is 29.6 Å². The number of rotatable bonds is 2. The molecule has 1 saturated heterocycles. The molecular formula is C17H22FN3O2. The number of carbonyl (C=O) groups is 1. The molecule has 124 valence electrons. The highest BCUT2D eigenvalue weighted by Crippen LogP contribution is 2.34. The zero-order valence-corrected chi connectivity index (χ0v) is 13.8. The Kier molecular flexibility index (Phi) is 4.88. The number of amides is 1. The third-order valence-corrected chi connectivity index (χ3v) is 3.95. The number of hydrogen-bond donors (Lipinski definition) is 0. The van der Waals surface area contributed by atoms with E-state index in [0.29, 0.717) is 37.2 Å². The number of ether oxygens (including phenoxy) is 1. The van der Waals surface area contributed by atoms with E-state index in [4.69, 9.17) is 4.74 Å². The smallest absolute Gasteiger partial charge is 0.410 e.